The van der Waals surface area contributed by atoms with Gasteiger partial charge in [-0.15, -0.1) is 22.7 Å². The molecular weight excluding hydrogens is 473 g/mol. The van der Waals surface area contributed by atoms with Crippen LogP contribution < -0.4 is 5.32 Å². The van der Waals surface area contributed by atoms with Gasteiger partial charge in [0.1, 0.15) is 17.2 Å². The molecule has 2 fully saturated rings. The van der Waals surface area contributed by atoms with Gasteiger partial charge in [-0.25, -0.2) is 14.4 Å². The third-order valence-corrected chi connectivity index (χ3v) is 8.61. The predicted octanol–water partition coefficient (Wildman–Crippen LogP) is 4.39. The zero-order chi connectivity index (χ0) is 23.4. The Morgan fingerprint density at radius 3 is 2.85 bits per heavy atom. The Kier molecular flexibility index (Phi) is 5.22. The van der Waals surface area contributed by atoms with E-state index in [1.54, 1.807) is 17.6 Å². The predicted molar refractivity (Wildman–Crippen MR) is 129 cm³/mol. The van der Waals surface area contributed by atoms with E-state index in [0.29, 0.717) is 29.5 Å². The molecular formula is C24H22FN5O2S2. The van der Waals surface area contributed by atoms with Crippen molar-refractivity contribution in [3.8, 4) is 10.4 Å². The normalized spacial score (nSPS) is 21.5. The van der Waals surface area contributed by atoms with E-state index in [1.807, 2.05) is 27.8 Å². The molecule has 1 aromatic carbocycles. The van der Waals surface area contributed by atoms with Crippen LogP contribution in [0.5, 0.6) is 0 Å². The Morgan fingerprint density at radius 2 is 2.03 bits per heavy atom. The van der Waals surface area contributed by atoms with Crippen LogP contribution in [0.3, 0.4) is 0 Å². The van der Waals surface area contributed by atoms with Crippen molar-refractivity contribution in [3.05, 3.63) is 64.3 Å². The highest BCUT2D eigenvalue weighted by Gasteiger charge is 2.48. The Bertz CT molecular complexity index is 1390. The van der Waals surface area contributed by atoms with Gasteiger partial charge in [-0.2, -0.15) is 0 Å². The summed E-state index contributed by atoms with van der Waals surface area (Å²) in [6, 6.07) is 6.20. The molecule has 174 valence electrons. The number of amides is 2. The Balaban J connectivity index is 1.24. The first kappa shape index (κ1) is 21.4. The number of imidazole rings is 1. The first-order chi connectivity index (χ1) is 16.5. The molecule has 4 aromatic rings. The van der Waals surface area contributed by atoms with Gasteiger partial charge in [-0.1, -0.05) is 12.1 Å². The average Bonchev–Trinajstić information content (AvgIpc) is 3.63. The lowest BCUT2D eigenvalue weighted by molar-refractivity contribution is 0.0577. The van der Waals surface area contributed by atoms with Crippen molar-refractivity contribution in [3.63, 3.8) is 0 Å². The second-order valence-electron chi connectivity index (χ2n) is 8.86. The second kappa shape index (κ2) is 8.28. The number of fused-ring (bicyclic) bond motifs is 3. The number of thiazole rings is 2. The van der Waals surface area contributed by atoms with Crippen molar-refractivity contribution in [1.82, 2.24) is 24.6 Å². The molecule has 0 spiro atoms. The summed E-state index contributed by atoms with van der Waals surface area (Å²) in [4.78, 5) is 39.1. The highest BCUT2D eigenvalue weighted by molar-refractivity contribution is 7.15. The van der Waals surface area contributed by atoms with Crippen LogP contribution in [0.2, 0.25) is 0 Å². The van der Waals surface area contributed by atoms with Crippen LogP contribution in [0.15, 0.2) is 41.4 Å². The first-order valence-electron chi connectivity index (χ1n) is 11.2. The molecule has 0 unspecified atom stereocenters. The van der Waals surface area contributed by atoms with Gasteiger partial charge in [-0.05, 0) is 49.8 Å². The van der Waals surface area contributed by atoms with E-state index in [9.17, 15) is 14.0 Å². The average molecular weight is 496 g/mol. The summed E-state index contributed by atoms with van der Waals surface area (Å²) in [5, 5.41) is 4.97. The number of carbonyl (C=O) groups excluding carboxylic acids is 2. The fourth-order valence-electron chi connectivity index (χ4n) is 5.45. The van der Waals surface area contributed by atoms with Crippen LogP contribution in [-0.2, 0) is 0 Å². The fourth-order valence-corrected chi connectivity index (χ4v) is 7.00. The summed E-state index contributed by atoms with van der Waals surface area (Å²) in [6.07, 6.45) is 4.82. The molecule has 1 saturated heterocycles. The van der Waals surface area contributed by atoms with Crippen LogP contribution in [0, 0.1) is 18.7 Å². The third kappa shape index (κ3) is 3.43. The minimum atomic E-state index is -0.318. The summed E-state index contributed by atoms with van der Waals surface area (Å²) in [5.41, 5.74) is 4.06. The molecule has 34 heavy (non-hydrogen) atoms. The van der Waals surface area contributed by atoms with Gasteiger partial charge in [-0.3, -0.25) is 14.0 Å². The van der Waals surface area contributed by atoms with Crippen molar-refractivity contribution in [2.75, 3.05) is 6.54 Å². The van der Waals surface area contributed by atoms with E-state index in [4.69, 9.17) is 0 Å². The minimum Gasteiger partial charge on any atom is -0.349 e. The Morgan fingerprint density at radius 1 is 1.21 bits per heavy atom. The lowest BCUT2D eigenvalue weighted by Crippen LogP contribution is -2.50. The molecule has 4 heterocycles. The molecule has 1 aliphatic carbocycles. The highest BCUT2D eigenvalue weighted by Crippen LogP contribution is 2.43. The van der Waals surface area contributed by atoms with Crippen molar-refractivity contribution in [2.45, 2.75) is 38.3 Å². The largest absolute Gasteiger partial charge is 0.349 e. The van der Waals surface area contributed by atoms with E-state index in [-0.39, 0.29) is 29.7 Å². The summed E-state index contributed by atoms with van der Waals surface area (Å²) in [5.74, 6) is -0.260. The number of aryl methyl sites for hydroxylation is 1. The van der Waals surface area contributed by atoms with E-state index >= 15 is 0 Å². The van der Waals surface area contributed by atoms with Gasteiger partial charge in [0.25, 0.3) is 11.8 Å². The summed E-state index contributed by atoms with van der Waals surface area (Å²) < 4.78 is 15.2. The molecule has 2 amide bonds. The van der Waals surface area contributed by atoms with Crippen molar-refractivity contribution < 1.29 is 14.0 Å². The lowest BCUT2D eigenvalue weighted by atomic mass is 9.98. The van der Waals surface area contributed by atoms with Gasteiger partial charge in [0.05, 0.1) is 22.1 Å². The number of benzene rings is 1. The quantitative estimate of drug-likeness (QED) is 0.445. The van der Waals surface area contributed by atoms with Crippen LogP contribution in [-0.4, -0.2) is 49.7 Å². The van der Waals surface area contributed by atoms with E-state index in [0.717, 1.165) is 34.7 Å². The second-order valence-corrected chi connectivity index (χ2v) is 10.6. The fraction of sp³-hybridized carbons (Fsp3) is 0.333. The standard InChI is InChI=1S/C24H22FN5O2S2/c1-13-20(29-8-9-33-24(29)28-13)22(31)26-11-18-15-4-7-17(10-15)30(18)23(32)19-21(34-12-27-19)14-2-5-16(25)6-3-14/h2-3,5-6,8-9,12,15,17-18H,4,7,10-11H2,1H3,(H,26,31)/t15-,17+,18+/m0/s1. The van der Waals surface area contributed by atoms with Crippen molar-refractivity contribution in [1.29, 1.82) is 0 Å². The molecule has 6 rings (SSSR count). The number of rotatable bonds is 5. The molecule has 3 atom stereocenters. The molecule has 2 bridgehead atoms. The highest BCUT2D eigenvalue weighted by atomic mass is 32.1. The van der Waals surface area contributed by atoms with Gasteiger partial charge < -0.3 is 10.2 Å². The first-order valence-corrected chi connectivity index (χ1v) is 13.0. The van der Waals surface area contributed by atoms with Crippen LogP contribution >= 0.6 is 22.7 Å². The number of hydrogen-bond acceptors (Lipinski definition) is 6. The summed E-state index contributed by atoms with van der Waals surface area (Å²) >= 11 is 2.87. The summed E-state index contributed by atoms with van der Waals surface area (Å²) in [7, 11) is 0. The van der Waals surface area contributed by atoms with Crippen LogP contribution in [0.4, 0.5) is 4.39 Å². The lowest BCUT2D eigenvalue weighted by Gasteiger charge is -2.35. The van der Waals surface area contributed by atoms with Gasteiger partial charge >= 0.3 is 0 Å². The third-order valence-electron chi connectivity index (χ3n) is 6.97. The number of nitrogens with one attached hydrogen (secondary N) is 1. The van der Waals surface area contributed by atoms with Gasteiger partial charge in [0.2, 0.25) is 0 Å². The van der Waals surface area contributed by atoms with E-state index < -0.39 is 0 Å². The number of aromatic nitrogens is 3. The zero-order valence-electron chi connectivity index (χ0n) is 18.4. The molecule has 0 radical (unpaired) electrons. The molecule has 1 aliphatic heterocycles. The molecule has 2 aliphatic rings. The molecule has 10 heteroatoms. The maximum atomic E-state index is 13.7. The number of piperidine rings is 1. The van der Waals surface area contributed by atoms with E-state index in [1.165, 1.54) is 34.8 Å². The smallest absolute Gasteiger partial charge is 0.274 e. The van der Waals surface area contributed by atoms with Crippen molar-refractivity contribution in [2.24, 2.45) is 5.92 Å². The molecule has 1 N–H and O–H groups in total. The number of likely N-dealkylation sites (tertiary alicyclic amines) is 1. The Hall–Kier alpha value is -3.11. The maximum absolute atomic E-state index is 13.7. The van der Waals surface area contributed by atoms with Crippen LogP contribution in [0.25, 0.3) is 15.4 Å². The summed E-state index contributed by atoms with van der Waals surface area (Å²) in [6.45, 7) is 2.22. The zero-order valence-corrected chi connectivity index (χ0v) is 20.0. The van der Waals surface area contributed by atoms with Crippen LogP contribution in [0.1, 0.15) is 45.9 Å². The molecule has 7 nitrogen and oxygen atoms in total. The maximum Gasteiger partial charge on any atom is 0.274 e. The van der Waals surface area contributed by atoms with Crippen molar-refractivity contribution >= 4 is 39.4 Å². The number of carbonyl (C=O) groups is 2. The number of nitrogens with zero attached hydrogens (tertiary/aromatic N) is 4. The number of halogens is 1. The number of hydrogen-bond donors (Lipinski definition) is 1. The SMILES string of the molecule is Cc1nc2sccn2c1C(=O)NC[C@@H]1[C@H]2CC[C@H](C2)N1C(=O)c1ncsc1-c1ccc(F)cc1. The van der Waals surface area contributed by atoms with Gasteiger partial charge in [0, 0.05) is 24.2 Å². The topological polar surface area (TPSA) is 79.6 Å². The van der Waals surface area contributed by atoms with E-state index in [2.05, 4.69) is 15.3 Å². The molecule has 3 aromatic heterocycles. The van der Waals surface area contributed by atoms with Gasteiger partial charge in [0.15, 0.2) is 4.96 Å². The monoisotopic (exact) mass is 495 g/mol. The minimum absolute atomic E-state index is 0.0795. The molecule has 1 saturated carbocycles. The Labute approximate surface area is 203 Å².